The molecule has 1 aromatic heterocycles. The first-order valence-electron chi connectivity index (χ1n) is 8.31. The van der Waals surface area contributed by atoms with Crippen molar-refractivity contribution >= 4 is 11.5 Å². The Morgan fingerprint density at radius 2 is 1.65 bits per heavy atom. The van der Waals surface area contributed by atoms with Gasteiger partial charge in [-0.05, 0) is 47.4 Å². The number of hydrogen-bond donors (Lipinski definition) is 1. The predicted octanol–water partition coefficient (Wildman–Crippen LogP) is 4.37. The lowest BCUT2D eigenvalue weighted by molar-refractivity contribution is -0.131. The van der Waals surface area contributed by atoms with Crippen LogP contribution in [0.25, 0.3) is 5.57 Å². The number of ether oxygens (including phenoxy) is 1. The molecular formula is C22H19NO3. The first-order valence-corrected chi connectivity index (χ1v) is 8.31. The Kier molecular flexibility index (Phi) is 5.78. The highest BCUT2D eigenvalue weighted by molar-refractivity contribution is 5.89. The standard InChI is InChI=1S/C22H19NO3/c24-22(25)15-19(21-8-4-5-13-23-21)14-17-9-11-20(12-10-17)26-16-18-6-2-1-3-7-18/h1-13,15H,14,16H2,(H,24,25)/b19-15-. The smallest absolute Gasteiger partial charge is 0.328 e. The number of aliphatic carboxylic acids is 1. The maximum atomic E-state index is 11.1. The maximum Gasteiger partial charge on any atom is 0.328 e. The summed E-state index contributed by atoms with van der Waals surface area (Å²) in [5.74, 6) is -0.201. The molecule has 0 radical (unpaired) electrons. The average Bonchev–Trinajstić information content (AvgIpc) is 2.68. The lowest BCUT2D eigenvalue weighted by Crippen LogP contribution is -1.99. The highest BCUT2D eigenvalue weighted by Crippen LogP contribution is 2.20. The van der Waals surface area contributed by atoms with Gasteiger partial charge >= 0.3 is 5.97 Å². The number of hydrogen-bond acceptors (Lipinski definition) is 3. The van der Waals surface area contributed by atoms with Crippen LogP contribution in [0, 0.1) is 0 Å². The molecule has 0 aliphatic carbocycles. The van der Waals surface area contributed by atoms with Crippen LogP contribution in [0.5, 0.6) is 5.75 Å². The molecule has 0 bridgehead atoms. The van der Waals surface area contributed by atoms with Crippen LogP contribution in [-0.2, 0) is 17.8 Å². The van der Waals surface area contributed by atoms with Crippen LogP contribution in [0.2, 0.25) is 0 Å². The number of nitrogens with zero attached hydrogens (tertiary/aromatic N) is 1. The van der Waals surface area contributed by atoms with E-state index in [1.165, 1.54) is 6.08 Å². The van der Waals surface area contributed by atoms with Gasteiger partial charge in [-0.1, -0.05) is 48.5 Å². The predicted molar refractivity (Wildman–Crippen MR) is 101 cm³/mol. The number of rotatable bonds is 7. The first kappa shape index (κ1) is 17.4. The molecule has 26 heavy (non-hydrogen) atoms. The topological polar surface area (TPSA) is 59.4 Å². The number of allylic oxidation sites excluding steroid dienone is 1. The normalized spacial score (nSPS) is 11.2. The summed E-state index contributed by atoms with van der Waals surface area (Å²) in [6.45, 7) is 0.512. The molecule has 0 saturated heterocycles. The zero-order valence-corrected chi connectivity index (χ0v) is 14.2. The van der Waals surface area contributed by atoms with Gasteiger partial charge in [0, 0.05) is 12.3 Å². The van der Waals surface area contributed by atoms with E-state index in [0.29, 0.717) is 24.3 Å². The van der Waals surface area contributed by atoms with E-state index in [2.05, 4.69) is 4.98 Å². The van der Waals surface area contributed by atoms with Crippen LogP contribution in [0.15, 0.2) is 85.1 Å². The van der Waals surface area contributed by atoms with Crippen molar-refractivity contribution in [2.45, 2.75) is 13.0 Å². The van der Waals surface area contributed by atoms with E-state index in [-0.39, 0.29) is 0 Å². The van der Waals surface area contributed by atoms with Gasteiger partial charge in [0.25, 0.3) is 0 Å². The number of carbonyl (C=O) groups is 1. The van der Waals surface area contributed by atoms with E-state index >= 15 is 0 Å². The van der Waals surface area contributed by atoms with E-state index in [1.54, 1.807) is 12.3 Å². The molecule has 1 heterocycles. The number of carboxylic acids is 1. The number of pyridine rings is 1. The highest BCUT2D eigenvalue weighted by atomic mass is 16.5. The Morgan fingerprint density at radius 1 is 0.923 bits per heavy atom. The molecule has 4 heteroatoms. The van der Waals surface area contributed by atoms with Crippen LogP contribution < -0.4 is 4.74 Å². The zero-order valence-electron chi connectivity index (χ0n) is 14.2. The lowest BCUT2D eigenvalue weighted by atomic mass is 10.0. The zero-order chi connectivity index (χ0) is 18.2. The van der Waals surface area contributed by atoms with Crippen LogP contribution in [0.3, 0.4) is 0 Å². The van der Waals surface area contributed by atoms with Crippen LogP contribution in [0.4, 0.5) is 0 Å². The SMILES string of the molecule is O=C(O)/C=C(/Cc1ccc(OCc2ccccc2)cc1)c1ccccn1. The van der Waals surface area contributed by atoms with E-state index in [9.17, 15) is 4.79 Å². The molecule has 1 N–H and O–H groups in total. The van der Waals surface area contributed by atoms with Crippen molar-refractivity contribution in [1.29, 1.82) is 0 Å². The summed E-state index contributed by atoms with van der Waals surface area (Å²) in [4.78, 5) is 15.4. The summed E-state index contributed by atoms with van der Waals surface area (Å²) < 4.78 is 5.78. The van der Waals surface area contributed by atoms with Gasteiger partial charge in [-0.2, -0.15) is 0 Å². The quantitative estimate of drug-likeness (QED) is 0.646. The van der Waals surface area contributed by atoms with Gasteiger partial charge in [0.1, 0.15) is 12.4 Å². The molecular weight excluding hydrogens is 326 g/mol. The second kappa shape index (κ2) is 8.62. The second-order valence-electron chi connectivity index (χ2n) is 5.82. The summed E-state index contributed by atoms with van der Waals surface area (Å²) in [5, 5.41) is 9.12. The Balaban J connectivity index is 1.68. The molecule has 0 spiro atoms. The fourth-order valence-electron chi connectivity index (χ4n) is 2.58. The minimum atomic E-state index is -0.978. The largest absolute Gasteiger partial charge is 0.489 e. The third-order valence-electron chi connectivity index (χ3n) is 3.86. The van der Waals surface area contributed by atoms with Crippen LogP contribution >= 0.6 is 0 Å². The summed E-state index contributed by atoms with van der Waals surface area (Å²) in [5.41, 5.74) is 3.43. The summed E-state index contributed by atoms with van der Waals surface area (Å²) in [6, 6.07) is 23.1. The van der Waals surface area contributed by atoms with Gasteiger partial charge in [0.15, 0.2) is 0 Å². The Labute approximate surface area is 152 Å². The van der Waals surface area contributed by atoms with Gasteiger partial charge in [-0.25, -0.2) is 4.79 Å². The lowest BCUT2D eigenvalue weighted by Gasteiger charge is -2.09. The summed E-state index contributed by atoms with van der Waals surface area (Å²) >= 11 is 0. The summed E-state index contributed by atoms with van der Waals surface area (Å²) in [7, 11) is 0. The van der Waals surface area contributed by atoms with Crippen molar-refractivity contribution in [3.63, 3.8) is 0 Å². The number of aromatic nitrogens is 1. The van der Waals surface area contributed by atoms with Crippen molar-refractivity contribution in [3.05, 3.63) is 102 Å². The van der Waals surface area contributed by atoms with E-state index < -0.39 is 5.97 Å². The van der Waals surface area contributed by atoms with Gasteiger partial charge in [-0.3, -0.25) is 4.98 Å². The number of benzene rings is 2. The summed E-state index contributed by atoms with van der Waals surface area (Å²) in [6.07, 6.45) is 3.36. The minimum absolute atomic E-state index is 0.488. The number of carboxylic acid groups (broad SMARTS) is 1. The van der Waals surface area contributed by atoms with Crippen molar-refractivity contribution in [3.8, 4) is 5.75 Å². The Bertz CT molecular complexity index is 872. The molecule has 0 aliphatic heterocycles. The third kappa shape index (κ3) is 5.05. The maximum absolute atomic E-state index is 11.1. The fraction of sp³-hybridized carbons (Fsp3) is 0.0909. The molecule has 130 valence electrons. The van der Waals surface area contributed by atoms with Crippen LogP contribution in [0.1, 0.15) is 16.8 Å². The van der Waals surface area contributed by atoms with Gasteiger partial charge in [0.05, 0.1) is 5.69 Å². The van der Waals surface area contributed by atoms with E-state index in [0.717, 1.165) is 16.9 Å². The highest BCUT2D eigenvalue weighted by Gasteiger charge is 2.07. The van der Waals surface area contributed by atoms with Crippen molar-refractivity contribution in [2.75, 3.05) is 0 Å². The van der Waals surface area contributed by atoms with Crippen molar-refractivity contribution < 1.29 is 14.6 Å². The van der Waals surface area contributed by atoms with Crippen molar-refractivity contribution in [1.82, 2.24) is 4.98 Å². The van der Waals surface area contributed by atoms with Gasteiger partial charge < -0.3 is 9.84 Å². The second-order valence-corrected chi connectivity index (χ2v) is 5.82. The molecule has 4 nitrogen and oxygen atoms in total. The fourth-order valence-corrected chi connectivity index (χ4v) is 2.58. The molecule has 0 amide bonds. The average molecular weight is 345 g/mol. The van der Waals surface area contributed by atoms with Crippen molar-refractivity contribution in [2.24, 2.45) is 0 Å². The Morgan fingerprint density at radius 3 is 2.31 bits per heavy atom. The molecule has 0 unspecified atom stereocenters. The molecule has 3 rings (SSSR count). The molecule has 0 fully saturated rings. The molecule has 0 atom stereocenters. The molecule has 0 aliphatic rings. The van der Waals surface area contributed by atoms with Gasteiger partial charge in [0.2, 0.25) is 0 Å². The van der Waals surface area contributed by atoms with E-state index in [4.69, 9.17) is 9.84 Å². The third-order valence-corrected chi connectivity index (χ3v) is 3.86. The van der Waals surface area contributed by atoms with E-state index in [1.807, 2.05) is 66.7 Å². The first-order chi connectivity index (χ1) is 12.7. The molecule has 2 aromatic carbocycles. The molecule has 3 aromatic rings. The molecule has 0 saturated carbocycles. The van der Waals surface area contributed by atoms with Crippen LogP contribution in [-0.4, -0.2) is 16.1 Å². The monoisotopic (exact) mass is 345 g/mol. The minimum Gasteiger partial charge on any atom is -0.489 e. The van der Waals surface area contributed by atoms with Gasteiger partial charge in [-0.15, -0.1) is 0 Å². The Hall–Kier alpha value is -3.40.